The first kappa shape index (κ1) is 14.0. The van der Waals surface area contributed by atoms with Gasteiger partial charge in [-0.25, -0.2) is 0 Å². The van der Waals surface area contributed by atoms with Gasteiger partial charge in [-0.15, -0.1) is 11.3 Å². The molecule has 2 aromatic rings. The number of amides is 1. The van der Waals surface area contributed by atoms with Gasteiger partial charge in [-0.05, 0) is 43.5 Å². The Hall–Kier alpha value is -1.92. The van der Waals surface area contributed by atoms with Crippen LogP contribution in [0.5, 0.6) is 0 Å². The van der Waals surface area contributed by atoms with Crippen molar-refractivity contribution in [2.24, 2.45) is 0 Å². The van der Waals surface area contributed by atoms with E-state index in [9.17, 15) is 4.79 Å². The molecule has 0 unspecified atom stereocenters. The van der Waals surface area contributed by atoms with Crippen LogP contribution in [0.2, 0.25) is 0 Å². The quantitative estimate of drug-likeness (QED) is 0.853. The SMILES string of the molecule is O=C(C=Cc1cccs1)Nc1cnn(C2CCNCC2)c1. The molecule has 1 aliphatic rings. The van der Waals surface area contributed by atoms with Crippen LogP contribution in [0.1, 0.15) is 23.8 Å². The Balaban J connectivity index is 1.57. The highest BCUT2D eigenvalue weighted by molar-refractivity contribution is 7.10. The van der Waals surface area contributed by atoms with E-state index < -0.39 is 0 Å². The summed E-state index contributed by atoms with van der Waals surface area (Å²) >= 11 is 1.60. The highest BCUT2D eigenvalue weighted by atomic mass is 32.1. The third kappa shape index (κ3) is 3.80. The van der Waals surface area contributed by atoms with Gasteiger partial charge in [0.2, 0.25) is 5.91 Å². The molecule has 3 heterocycles. The molecule has 110 valence electrons. The predicted octanol–water partition coefficient (Wildman–Crippen LogP) is 2.52. The van der Waals surface area contributed by atoms with Crippen LogP contribution < -0.4 is 10.6 Å². The number of thiophene rings is 1. The smallest absolute Gasteiger partial charge is 0.248 e. The zero-order valence-electron chi connectivity index (χ0n) is 11.7. The highest BCUT2D eigenvalue weighted by Crippen LogP contribution is 2.19. The summed E-state index contributed by atoms with van der Waals surface area (Å²) in [5, 5.41) is 12.5. The zero-order valence-corrected chi connectivity index (χ0v) is 12.5. The summed E-state index contributed by atoms with van der Waals surface area (Å²) in [7, 11) is 0. The summed E-state index contributed by atoms with van der Waals surface area (Å²) in [6.07, 6.45) is 9.14. The van der Waals surface area contributed by atoms with E-state index in [-0.39, 0.29) is 5.91 Å². The number of nitrogens with zero attached hydrogens (tertiary/aromatic N) is 2. The monoisotopic (exact) mass is 302 g/mol. The van der Waals surface area contributed by atoms with Crippen LogP contribution >= 0.6 is 11.3 Å². The van der Waals surface area contributed by atoms with Crippen LogP contribution in [0.3, 0.4) is 0 Å². The Morgan fingerprint density at radius 1 is 1.48 bits per heavy atom. The van der Waals surface area contributed by atoms with Gasteiger partial charge in [0.15, 0.2) is 0 Å². The minimum atomic E-state index is -0.131. The number of nitrogens with one attached hydrogen (secondary N) is 2. The molecule has 3 rings (SSSR count). The lowest BCUT2D eigenvalue weighted by atomic mass is 10.1. The molecule has 1 aliphatic heterocycles. The molecule has 2 N–H and O–H groups in total. The molecular formula is C15H18N4OS. The highest BCUT2D eigenvalue weighted by Gasteiger charge is 2.15. The van der Waals surface area contributed by atoms with Crippen LogP contribution in [0, 0.1) is 0 Å². The van der Waals surface area contributed by atoms with Gasteiger partial charge in [-0.2, -0.15) is 5.10 Å². The van der Waals surface area contributed by atoms with Gasteiger partial charge in [-0.3, -0.25) is 9.48 Å². The Kier molecular flexibility index (Phi) is 4.47. The number of carbonyl (C=O) groups is 1. The third-order valence-corrected chi connectivity index (χ3v) is 4.33. The minimum absolute atomic E-state index is 0.131. The topological polar surface area (TPSA) is 59.0 Å². The fourth-order valence-corrected chi connectivity index (χ4v) is 3.02. The molecule has 2 aromatic heterocycles. The third-order valence-electron chi connectivity index (χ3n) is 3.49. The second-order valence-electron chi connectivity index (χ2n) is 5.03. The van der Waals surface area contributed by atoms with E-state index >= 15 is 0 Å². The largest absolute Gasteiger partial charge is 0.320 e. The first-order valence-corrected chi connectivity index (χ1v) is 7.97. The van der Waals surface area contributed by atoms with Crippen LogP contribution in [0.4, 0.5) is 5.69 Å². The molecule has 6 heteroatoms. The van der Waals surface area contributed by atoms with E-state index in [4.69, 9.17) is 0 Å². The summed E-state index contributed by atoms with van der Waals surface area (Å²) in [5.74, 6) is -0.131. The van der Waals surface area contributed by atoms with E-state index in [2.05, 4.69) is 15.7 Å². The molecule has 0 aliphatic carbocycles. The van der Waals surface area contributed by atoms with Crippen molar-refractivity contribution in [3.63, 3.8) is 0 Å². The Morgan fingerprint density at radius 3 is 3.10 bits per heavy atom. The first-order valence-electron chi connectivity index (χ1n) is 7.09. The molecule has 21 heavy (non-hydrogen) atoms. The minimum Gasteiger partial charge on any atom is -0.320 e. The Bertz CT molecular complexity index is 611. The average molecular weight is 302 g/mol. The van der Waals surface area contributed by atoms with Crippen LogP contribution in [0.15, 0.2) is 36.0 Å². The standard InChI is InChI=1S/C15H18N4OS/c20-15(4-3-14-2-1-9-21-14)18-12-10-17-19(11-12)13-5-7-16-8-6-13/h1-4,9-11,13,16H,5-8H2,(H,18,20). The van der Waals surface area contributed by atoms with E-state index in [1.54, 1.807) is 23.6 Å². The first-order chi connectivity index (χ1) is 10.3. The number of anilines is 1. The van der Waals surface area contributed by atoms with Gasteiger partial charge in [0.25, 0.3) is 0 Å². The fourth-order valence-electron chi connectivity index (χ4n) is 2.40. The van der Waals surface area contributed by atoms with Gasteiger partial charge >= 0.3 is 0 Å². The molecule has 0 radical (unpaired) electrons. The normalized spacial score (nSPS) is 16.4. The van der Waals surface area contributed by atoms with Crippen molar-refractivity contribution >= 4 is 29.0 Å². The van der Waals surface area contributed by atoms with Gasteiger partial charge in [-0.1, -0.05) is 6.07 Å². The average Bonchev–Trinajstić information content (AvgIpc) is 3.17. The molecule has 1 saturated heterocycles. The molecule has 5 nitrogen and oxygen atoms in total. The fraction of sp³-hybridized carbons (Fsp3) is 0.333. The molecule has 0 aromatic carbocycles. The molecule has 0 atom stereocenters. The lowest BCUT2D eigenvalue weighted by Gasteiger charge is -2.22. The maximum Gasteiger partial charge on any atom is 0.248 e. The van der Waals surface area contributed by atoms with Crippen LogP contribution in [0.25, 0.3) is 6.08 Å². The van der Waals surface area contributed by atoms with Crippen molar-refractivity contribution < 1.29 is 4.79 Å². The Labute approximate surface area is 127 Å². The van der Waals surface area contributed by atoms with Crippen molar-refractivity contribution in [2.45, 2.75) is 18.9 Å². The van der Waals surface area contributed by atoms with Crippen molar-refractivity contribution in [1.82, 2.24) is 15.1 Å². The lowest BCUT2D eigenvalue weighted by molar-refractivity contribution is -0.111. The lowest BCUT2D eigenvalue weighted by Crippen LogP contribution is -2.29. The van der Waals surface area contributed by atoms with E-state index in [1.807, 2.05) is 34.5 Å². The molecule has 0 bridgehead atoms. The van der Waals surface area contributed by atoms with Crippen molar-refractivity contribution in [3.8, 4) is 0 Å². The number of hydrogen-bond acceptors (Lipinski definition) is 4. The van der Waals surface area contributed by atoms with Crippen LogP contribution in [-0.4, -0.2) is 28.8 Å². The van der Waals surface area contributed by atoms with E-state index in [0.29, 0.717) is 6.04 Å². The van der Waals surface area contributed by atoms with E-state index in [1.165, 1.54) is 0 Å². The summed E-state index contributed by atoms with van der Waals surface area (Å²) in [6, 6.07) is 4.37. The van der Waals surface area contributed by atoms with Crippen molar-refractivity contribution in [1.29, 1.82) is 0 Å². The van der Waals surface area contributed by atoms with Gasteiger partial charge in [0.1, 0.15) is 0 Å². The summed E-state index contributed by atoms with van der Waals surface area (Å²) < 4.78 is 1.96. The predicted molar refractivity (Wildman–Crippen MR) is 85.4 cm³/mol. The summed E-state index contributed by atoms with van der Waals surface area (Å²) in [6.45, 7) is 2.05. The molecule has 1 amide bonds. The maximum absolute atomic E-state index is 11.9. The van der Waals surface area contributed by atoms with Crippen molar-refractivity contribution in [3.05, 3.63) is 40.9 Å². The molecular weight excluding hydrogens is 284 g/mol. The number of piperidine rings is 1. The van der Waals surface area contributed by atoms with Gasteiger partial charge < -0.3 is 10.6 Å². The van der Waals surface area contributed by atoms with Gasteiger partial charge in [0, 0.05) is 17.2 Å². The number of rotatable bonds is 4. The number of aromatic nitrogens is 2. The van der Waals surface area contributed by atoms with Gasteiger partial charge in [0.05, 0.1) is 17.9 Å². The molecule has 0 spiro atoms. The summed E-state index contributed by atoms with van der Waals surface area (Å²) in [5.41, 5.74) is 0.745. The molecule has 1 fully saturated rings. The zero-order chi connectivity index (χ0) is 14.5. The summed E-state index contributed by atoms with van der Waals surface area (Å²) in [4.78, 5) is 12.9. The van der Waals surface area contributed by atoms with Crippen molar-refractivity contribution in [2.75, 3.05) is 18.4 Å². The Morgan fingerprint density at radius 2 is 2.33 bits per heavy atom. The number of carbonyl (C=O) groups excluding carboxylic acids is 1. The second-order valence-corrected chi connectivity index (χ2v) is 6.01. The second kappa shape index (κ2) is 6.69. The molecule has 0 saturated carbocycles. The maximum atomic E-state index is 11.9. The van der Waals surface area contributed by atoms with E-state index in [0.717, 1.165) is 36.5 Å². The number of hydrogen-bond donors (Lipinski definition) is 2. The van der Waals surface area contributed by atoms with Crippen LogP contribution in [-0.2, 0) is 4.79 Å².